The molecule has 69 heavy (non-hydrogen) atoms. The number of aryl methyl sites for hydroxylation is 1. The van der Waals surface area contributed by atoms with Crippen molar-refractivity contribution in [2.45, 2.75) is 26.2 Å². The predicted octanol–water partition coefficient (Wildman–Crippen LogP) is 18.3. The van der Waals surface area contributed by atoms with Crippen LogP contribution in [0.4, 0.5) is 34.1 Å². The van der Waals surface area contributed by atoms with Crippen LogP contribution in [0, 0.1) is 6.92 Å². The van der Waals surface area contributed by atoms with Crippen molar-refractivity contribution < 1.29 is 0 Å². The van der Waals surface area contributed by atoms with E-state index in [4.69, 9.17) is 0 Å². The molecule has 0 saturated heterocycles. The van der Waals surface area contributed by atoms with E-state index in [1.807, 2.05) is 0 Å². The Kier molecular flexibility index (Phi) is 9.42. The zero-order valence-corrected chi connectivity index (χ0v) is 38.9. The van der Waals surface area contributed by atoms with Crippen LogP contribution in [0.5, 0.6) is 0 Å². The third-order valence-corrected chi connectivity index (χ3v) is 14.6. The number of aromatic nitrogens is 1. The van der Waals surface area contributed by atoms with Gasteiger partial charge in [-0.05, 0) is 160 Å². The normalized spacial score (nSPS) is 12.7. The van der Waals surface area contributed by atoms with Gasteiger partial charge in [0, 0.05) is 55.7 Å². The summed E-state index contributed by atoms with van der Waals surface area (Å²) in [5.74, 6) is 0. The van der Waals surface area contributed by atoms with E-state index >= 15 is 0 Å². The molecule has 0 fully saturated rings. The van der Waals surface area contributed by atoms with Crippen molar-refractivity contribution in [2.24, 2.45) is 0 Å². The van der Waals surface area contributed by atoms with Gasteiger partial charge in [-0.25, -0.2) is 0 Å². The molecule has 0 bridgehead atoms. The number of fused-ring (bicyclic) bond motifs is 8. The van der Waals surface area contributed by atoms with Gasteiger partial charge in [0.05, 0.1) is 16.7 Å². The maximum Gasteiger partial charge on any atom is 0.0542 e. The predicted molar refractivity (Wildman–Crippen MR) is 293 cm³/mol. The van der Waals surface area contributed by atoms with E-state index in [9.17, 15) is 0 Å². The molecule has 0 unspecified atom stereocenters. The van der Waals surface area contributed by atoms with Crippen LogP contribution in [-0.4, -0.2) is 4.57 Å². The average Bonchev–Trinajstić information content (AvgIpc) is 3.84. The second kappa shape index (κ2) is 16.0. The van der Waals surface area contributed by atoms with Gasteiger partial charge in [-0.3, -0.25) is 0 Å². The smallest absolute Gasteiger partial charge is 0.0542 e. The van der Waals surface area contributed by atoms with Crippen molar-refractivity contribution in [1.29, 1.82) is 0 Å². The lowest BCUT2D eigenvalue weighted by molar-refractivity contribution is 0.660. The van der Waals surface area contributed by atoms with Crippen LogP contribution in [0.3, 0.4) is 0 Å². The lowest BCUT2D eigenvalue weighted by Crippen LogP contribution is -2.14. The van der Waals surface area contributed by atoms with Crippen molar-refractivity contribution in [3.63, 3.8) is 0 Å². The molecule has 0 N–H and O–H groups in total. The molecular formula is C66H49N3. The highest BCUT2D eigenvalue weighted by atomic mass is 15.2. The summed E-state index contributed by atoms with van der Waals surface area (Å²) >= 11 is 0. The second-order valence-corrected chi connectivity index (χ2v) is 19.1. The van der Waals surface area contributed by atoms with E-state index < -0.39 is 0 Å². The highest BCUT2D eigenvalue weighted by Gasteiger charge is 2.35. The Morgan fingerprint density at radius 1 is 0.348 bits per heavy atom. The minimum atomic E-state index is -0.0914. The fourth-order valence-corrected chi connectivity index (χ4v) is 11.2. The van der Waals surface area contributed by atoms with Gasteiger partial charge < -0.3 is 14.4 Å². The Morgan fingerprint density at radius 2 is 0.913 bits per heavy atom. The van der Waals surface area contributed by atoms with Gasteiger partial charge in [-0.15, -0.1) is 0 Å². The molecule has 1 aliphatic carbocycles. The summed E-state index contributed by atoms with van der Waals surface area (Å²) in [5.41, 5.74) is 19.1. The summed E-state index contributed by atoms with van der Waals surface area (Å²) in [5, 5.41) is 7.31. The van der Waals surface area contributed by atoms with Gasteiger partial charge in [0.1, 0.15) is 0 Å². The number of benzene rings is 11. The van der Waals surface area contributed by atoms with Crippen LogP contribution < -0.4 is 9.80 Å². The first kappa shape index (κ1) is 40.6. The number of nitrogens with zero attached hydrogens (tertiary/aromatic N) is 3. The summed E-state index contributed by atoms with van der Waals surface area (Å²) in [4.78, 5) is 4.78. The Labute approximate surface area is 403 Å². The van der Waals surface area contributed by atoms with Crippen LogP contribution >= 0.6 is 0 Å². The van der Waals surface area contributed by atoms with E-state index in [0.717, 1.165) is 39.8 Å². The van der Waals surface area contributed by atoms with E-state index in [1.54, 1.807) is 0 Å². The molecule has 3 heteroatoms. The molecule has 0 aliphatic heterocycles. The molecule has 328 valence electrons. The average molecular weight is 884 g/mol. The maximum absolute atomic E-state index is 2.46. The minimum absolute atomic E-state index is 0.0914. The molecule has 0 saturated carbocycles. The van der Waals surface area contributed by atoms with Crippen molar-refractivity contribution >= 4 is 77.5 Å². The largest absolute Gasteiger partial charge is 0.311 e. The van der Waals surface area contributed by atoms with Crippen LogP contribution in [0.15, 0.2) is 243 Å². The molecule has 0 spiro atoms. The van der Waals surface area contributed by atoms with Gasteiger partial charge in [0.2, 0.25) is 0 Å². The van der Waals surface area contributed by atoms with E-state index in [2.05, 4.69) is 278 Å². The summed E-state index contributed by atoms with van der Waals surface area (Å²) in [6, 6.07) is 89.3. The summed E-state index contributed by atoms with van der Waals surface area (Å²) in [6.07, 6.45) is 0. The molecule has 11 aromatic carbocycles. The molecule has 0 atom stereocenters. The van der Waals surface area contributed by atoms with Gasteiger partial charge in [-0.2, -0.15) is 0 Å². The van der Waals surface area contributed by atoms with Crippen molar-refractivity contribution in [2.75, 3.05) is 9.80 Å². The number of rotatable bonds is 8. The molecule has 1 aromatic heterocycles. The third kappa shape index (κ3) is 6.65. The van der Waals surface area contributed by atoms with Gasteiger partial charge in [0.25, 0.3) is 0 Å². The summed E-state index contributed by atoms with van der Waals surface area (Å²) in [6.45, 7) is 6.92. The Balaban J connectivity index is 1.01. The molecule has 13 rings (SSSR count). The van der Waals surface area contributed by atoms with Gasteiger partial charge in [0.15, 0.2) is 0 Å². The Bertz CT molecular complexity index is 3900. The van der Waals surface area contributed by atoms with Crippen LogP contribution in [0.1, 0.15) is 30.5 Å². The summed E-state index contributed by atoms with van der Waals surface area (Å²) < 4.78 is 2.43. The lowest BCUT2D eigenvalue weighted by Gasteiger charge is -2.29. The monoisotopic (exact) mass is 883 g/mol. The van der Waals surface area contributed by atoms with E-state index in [0.29, 0.717) is 0 Å². The molecule has 0 amide bonds. The van der Waals surface area contributed by atoms with E-state index in [-0.39, 0.29) is 5.41 Å². The van der Waals surface area contributed by atoms with Gasteiger partial charge in [-0.1, -0.05) is 159 Å². The molecule has 12 aromatic rings. The highest BCUT2D eigenvalue weighted by Crippen LogP contribution is 2.51. The molecule has 0 radical (unpaired) electrons. The Morgan fingerprint density at radius 3 is 1.67 bits per heavy atom. The number of anilines is 6. The molecule has 1 aliphatic rings. The molecule has 1 heterocycles. The topological polar surface area (TPSA) is 11.4 Å². The van der Waals surface area contributed by atoms with Crippen LogP contribution in [0.25, 0.3) is 71.3 Å². The van der Waals surface area contributed by atoms with Crippen LogP contribution in [0.2, 0.25) is 0 Å². The van der Waals surface area contributed by atoms with Gasteiger partial charge >= 0.3 is 0 Å². The quantitative estimate of drug-likeness (QED) is 0.151. The number of para-hydroxylation sites is 2. The fraction of sp³-hybridized carbons (Fsp3) is 0.0606. The van der Waals surface area contributed by atoms with Crippen molar-refractivity contribution in [3.8, 4) is 27.9 Å². The lowest BCUT2D eigenvalue weighted by atomic mass is 9.81. The van der Waals surface area contributed by atoms with Crippen molar-refractivity contribution in [3.05, 3.63) is 259 Å². The standard InChI is InChI=1S/C66H49N3/c1-44-26-37-64-59(40-44)60-43-53(34-38-65(60)69(64)52-29-27-45-16-10-11-17-46(45)41-52)68(51-32-30-50(31-33-51)67(48-18-6-4-7-19-48)49-20-8-5-9-21-49)63-39-36-54(55-22-12-13-24-58(55)63)47-28-35-57-56-23-14-15-25-61(56)66(2,3)62(57)42-47/h4-43H,1-3H3. The number of hydrogen-bond donors (Lipinski definition) is 0. The summed E-state index contributed by atoms with van der Waals surface area (Å²) in [7, 11) is 0. The minimum Gasteiger partial charge on any atom is -0.311 e. The van der Waals surface area contributed by atoms with Crippen LogP contribution in [-0.2, 0) is 5.41 Å². The first-order valence-corrected chi connectivity index (χ1v) is 24.0. The fourth-order valence-electron chi connectivity index (χ4n) is 11.2. The first-order valence-electron chi connectivity index (χ1n) is 24.0. The highest BCUT2D eigenvalue weighted by molar-refractivity contribution is 6.12. The maximum atomic E-state index is 2.46. The second-order valence-electron chi connectivity index (χ2n) is 19.1. The SMILES string of the molecule is Cc1ccc2c(c1)c1cc(N(c3ccc(N(c4ccccc4)c4ccccc4)cc3)c3ccc(-c4ccc5c(c4)C(C)(C)c4ccccc4-5)c4ccccc34)ccc1n2-c1ccc2ccccc2c1. The van der Waals surface area contributed by atoms with Crippen molar-refractivity contribution in [1.82, 2.24) is 4.57 Å². The van der Waals surface area contributed by atoms with E-state index in [1.165, 1.54) is 82.3 Å². The zero-order valence-electron chi connectivity index (χ0n) is 38.9. The Hall–Kier alpha value is -8.66. The third-order valence-electron chi connectivity index (χ3n) is 14.6. The molecular weight excluding hydrogens is 835 g/mol. The number of hydrogen-bond acceptors (Lipinski definition) is 2. The molecule has 3 nitrogen and oxygen atoms in total. The zero-order chi connectivity index (χ0) is 46.2. The first-order chi connectivity index (χ1) is 33.9.